The van der Waals surface area contributed by atoms with Crippen molar-refractivity contribution in [3.05, 3.63) is 93.2 Å². The van der Waals surface area contributed by atoms with Crippen LogP contribution in [0.25, 0.3) is 0 Å². The molecule has 5 aliphatic heterocycles. The van der Waals surface area contributed by atoms with E-state index < -0.39 is 30.4 Å². The van der Waals surface area contributed by atoms with Gasteiger partial charge in [-0.25, -0.2) is 4.39 Å². The summed E-state index contributed by atoms with van der Waals surface area (Å²) in [6.45, 7) is 0.0382. The van der Waals surface area contributed by atoms with Gasteiger partial charge in [0.15, 0.2) is 5.69 Å². The van der Waals surface area contributed by atoms with Gasteiger partial charge in [-0.15, -0.1) is 11.8 Å². The van der Waals surface area contributed by atoms with Crippen LogP contribution in [0.4, 0.5) is 4.39 Å². The Morgan fingerprint density at radius 2 is 2.00 bits per heavy atom. The molecule has 5 aliphatic rings. The molecular formula is C34H34FN3O7S. The van der Waals surface area contributed by atoms with E-state index in [0.717, 1.165) is 35.3 Å². The number of hydrogen-bond donors (Lipinski definition) is 0. The van der Waals surface area contributed by atoms with Crippen LogP contribution < -0.4 is 15.2 Å². The third-order valence-electron chi connectivity index (χ3n) is 10.2. The Balaban J connectivity index is 1.32. The van der Waals surface area contributed by atoms with E-state index in [0.29, 0.717) is 24.3 Å². The molecule has 6 heterocycles. The van der Waals surface area contributed by atoms with Crippen molar-refractivity contribution in [3.8, 4) is 5.75 Å². The molecule has 1 aromatic heterocycles. The number of carbonyl (C=O) groups excluding carboxylic acids is 2. The number of rotatable bonds is 7. The predicted octanol–water partition coefficient (Wildman–Crippen LogP) is 4.36. The van der Waals surface area contributed by atoms with Crippen molar-refractivity contribution >= 4 is 23.6 Å². The number of piperidine rings is 1. The fourth-order valence-corrected chi connectivity index (χ4v) is 9.27. The summed E-state index contributed by atoms with van der Waals surface area (Å²) in [5.41, 5.74) is 1.44. The number of benzene rings is 2. The molecule has 0 aliphatic carbocycles. The SMILES string of the molecule is COCCC(=O)OCOc1c2n(ccc1=O)N([C@@H]1c3ccccc3SCc3cccc(F)c31)[C@@H]1[C@H]3C[C@@H]4CC[C@@]3(CCN1C2=O)O4. The summed E-state index contributed by atoms with van der Waals surface area (Å²) in [5.74, 6) is -0.912. The molecule has 5 atom stereocenters. The van der Waals surface area contributed by atoms with Crippen LogP contribution >= 0.6 is 11.8 Å². The number of methoxy groups -OCH3 is 1. The average molecular weight is 648 g/mol. The zero-order chi connectivity index (χ0) is 31.6. The van der Waals surface area contributed by atoms with Crippen molar-refractivity contribution in [2.24, 2.45) is 5.92 Å². The minimum absolute atomic E-state index is 0.0176. The first kappa shape index (κ1) is 29.5. The van der Waals surface area contributed by atoms with Gasteiger partial charge in [-0.1, -0.05) is 30.3 Å². The monoisotopic (exact) mass is 647 g/mol. The summed E-state index contributed by atoms with van der Waals surface area (Å²) in [7, 11) is 1.48. The number of esters is 1. The lowest BCUT2D eigenvalue weighted by molar-refractivity contribution is -0.151. The summed E-state index contributed by atoms with van der Waals surface area (Å²) in [6, 6.07) is 13.9. The topological polar surface area (TPSA) is 99.5 Å². The number of nitrogens with zero attached hydrogens (tertiary/aromatic N) is 3. The smallest absolute Gasteiger partial charge is 0.311 e. The number of amides is 1. The van der Waals surface area contributed by atoms with E-state index in [-0.39, 0.29) is 53.8 Å². The van der Waals surface area contributed by atoms with E-state index in [1.807, 2.05) is 35.2 Å². The quantitative estimate of drug-likeness (QED) is 0.274. The highest BCUT2D eigenvalue weighted by Crippen LogP contribution is 2.57. The lowest BCUT2D eigenvalue weighted by atomic mass is 9.71. The van der Waals surface area contributed by atoms with Gasteiger partial charge in [0.2, 0.25) is 18.0 Å². The zero-order valence-corrected chi connectivity index (χ0v) is 26.2. The molecule has 3 fully saturated rings. The van der Waals surface area contributed by atoms with E-state index in [9.17, 15) is 14.4 Å². The normalized spacial score (nSPS) is 27.2. The number of hydrogen-bond acceptors (Lipinski definition) is 9. The third kappa shape index (κ3) is 4.56. The molecule has 10 nitrogen and oxygen atoms in total. The summed E-state index contributed by atoms with van der Waals surface area (Å²) >= 11 is 1.66. The molecule has 8 rings (SSSR count). The van der Waals surface area contributed by atoms with Gasteiger partial charge in [-0.2, -0.15) is 0 Å². The van der Waals surface area contributed by atoms with Gasteiger partial charge in [-0.05, 0) is 48.9 Å². The van der Waals surface area contributed by atoms with Gasteiger partial charge >= 0.3 is 5.97 Å². The van der Waals surface area contributed by atoms with Crippen LogP contribution in [-0.2, 0) is 24.8 Å². The maximum absolute atomic E-state index is 16.2. The first-order valence-electron chi connectivity index (χ1n) is 15.7. The molecule has 240 valence electrons. The average Bonchev–Trinajstić information content (AvgIpc) is 3.59. The van der Waals surface area contributed by atoms with Gasteiger partial charge in [0.05, 0.1) is 24.7 Å². The van der Waals surface area contributed by atoms with E-state index in [2.05, 4.69) is 5.01 Å². The fraction of sp³-hybridized carbons (Fsp3) is 0.441. The van der Waals surface area contributed by atoms with Crippen molar-refractivity contribution < 1.29 is 32.9 Å². The van der Waals surface area contributed by atoms with E-state index in [4.69, 9.17) is 18.9 Å². The van der Waals surface area contributed by atoms with Gasteiger partial charge in [0.25, 0.3) is 5.91 Å². The van der Waals surface area contributed by atoms with Crippen LogP contribution in [0.15, 0.2) is 64.4 Å². The minimum Gasteiger partial charge on any atom is -0.451 e. The molecule has 46 heavy (non-hydrogen) atoms. The fourth-order valence-electron chi connectivity index (χ4n) is 8.19. The molecule has 3 saturated heterocycles. The highest BCUT2D eigenvalue weighted by molar-refractivity contribution is 7.98. The Morgan fingerprint density at radius 3 is 2.85 bits per heavy atom. The van der Waals surface area contributed by atoms with Crippen LogP contribution in [0, 0.1) is 11.7 Å². The Kier molecular flexibility index (Phi) is 7.34. The lowest BCUT2D eigenvalue weighted by Crippen LogP contribution is -2.70. The molecule has 0 saturated carbocycles. The summed E-state index contributed by atoms with van der Waals surface area (Å²) < 4.78 is 40.5. The minimum atomic E-state index is -0.641. The van der Waals surface area contributed by atoms with Crippen molar-refractivity contribution in [1.29, 1.82) is 0 Å². The van der Waals surface area contributed by atoms with Gasteiger partial charge < -0.3 is 23.8 Å². The van der Waals surface area contributed by atoms with Crippen molar-refractivity contribution in [3.63, 3.8) is 0 Å². The van der Waals surface area contributed by atoms with Crippen LogP contribution in [0.5, 0.6) is 5.75 Å². The molecule has 1 spiro atoms. The van der Waals surface area contributed by atoms with E-state index in [1.165, 1.54) is 19.2 Å². The zero-order valence-electron chi connectivity index (χ0n) is 25.4. The third-order valence-corrected chi connectivity index (χ3v) is 11.3. The molecule has 2 aromatic carbocycles. The number of halogens is 1. The Morgan fingerprint density at radius 1 is 1.13 bits per heavy atom. The molecule has 0 radical (unpaired) electrons. The van der Waals surface area contributed by atoms with Gasteiger partial charge in [0.1, 0.15) is 18.0 Å². The number of pyridine rings is 1. The number of fused-ring (bicyclic) bond motifs is 6. The number of carbonyl (C=O) groups is 2. The molecule has 0 unspecified atom stereocenters. The predicted molar refractivity (Wildman–Crippen MR) is 166 cm³/mol. The summed E-state index contributed by atoms with van der Waals surface area (Å²) in [6.07, 6.45) is 4.61. The van der Waals surface area contributed by atoms with Crippen LogP contribution in [0.2, 0.25) is 0 Å². The largest absolute Gasteiger partial charge is 0.451 e. The second kappa shape index (κ2) is 11.4. The van der Waals surface area contributed by atoms with Crippen molar-refractivity contribution in [1.82, 2.24) is 9.58 Å². The Bertz CT molecular complexity index is 1780. The molecule has 2 bridgehead atoms. The summed E-state index contributed by atoms with van der Waals surface area (Å²) in [5, 5.41) is 2.08. The second-order valence-corrected chi connectivity index (χ2v) is 13.5. The molecule has 1 amide bonds. The first-order valence-corrected chi connectivity index (χ1v) is 16.7. The van der Waals surface area contributed by atoms with Crippen LogP contribution in [0.3, 0.4) is 0 Å². The van der Waals surface area contributed by atoms with Crippen molar-refractivity contribution in [2.45, 2.75) is 66.7 Å². The maximum atomic E-state index is 16.2. The van der Waals surface area contributed by atoms with Gasteiger partial charge in [-0.3, -0.25) is 24.1 Å². The molecule has 0 N–H and O–H groups in total. The van der Waals surface area contributed by atoms with Gasteiger partial charge in [0, 0.05) is 48.0 Å². The number of ether oxygens (including phenoxy) is 4. The summed E-state index contributed by atoms with van der Waals surface area (Å²) in [4.78, 5) is 42.8. The maximum Gasteiger partial charge on any atom is 0.311 e. The molecule has 3 aromatic rings. The standard InChI is InChI=1S/C34H34FN3O7S/c1-42-16-11-27(40)43-19-44-31-25(39)10-14-37-30(31)33(41)36-15-13-34-12-9-21(45-34)17-23(34)32(36)38(37)29-22-6-2-3-8-26(22)46-18-20-5-4-7-24(35)28(20)29/h2-8,10,14,21,23,29,32H,9,11-13,15-19H2,1H3/t21-,23+,29+,32+,34-/m0/s1. The van der Waals surface area contributed by atoms with Crippen LogP contribution in [-0.4, -0.2) is 66.4 Å². The Labute approximate surface area is 269 Å². The highest BCUT2D eigenvalue weighted by Gasteiger charge is 2.63. The molecule has 12 heteroatoms. The highest BCUT2D eigenvalue weighted by atomic mass is 32.2. The van der Waals surface area contributed by atoms with Crippen molar-refractivity contribution in [2.75, 3.05) is 32.1 Å². The number of aromatic nitrogens is 1. The van der Waals surface area contributed by atoms with E-state index in [1.54, 1.807) is 28.7 Å². The Hall–Kier alpha value is -3.87. The molecular weight excluding hydrogens is 613 g/mol. The van der Waals surface area contributed by atoms with Crippen LogP contribution in [0.1, 0.15) is 65.3 Å². The lowest BCUT2D eigenvalue weighted by Gasteiger charge is -2.57. The first-order chi connectivity index (χ1) is 22.4. The van der Waals surface area contributed by atoms with E-state index >= 15 is 4.39 Å². The second-order valence-electron chi connectivity index (χ2n) is 12.5. The number of thioether (sulfide) groups is 1.